The van der Waals surface area contributed by atoms with Crippen LogP contribution in [0.3, 0.4) is 0 Å². The molecule has 27 heavy (non-hydrogen) atoms. The van der Waals surface area contributed by atoms with Crippen molar-refractivity contribution in [3.05, 3.63) is 22.5 Å². The first-order valence-corrected chi connectivity index (χ1v) is 10.1. The first kappa shape index (κ1) is 21.2. The lowest BCUT2D eigenvalue weighted by Gasteiger charge is -2.22. The molecule has 2 rings (SSSR count). The van der Waals surface area contributed by atoms with E-state index in [1.807, 2.05) is 18.4 Å². The summed E-state index contributed by atoms with van der Waals surface area (Å²) in [7, 11) is 0. The predicted octanol–water partition coefficient (Wildman–Crippen LogP) is 3.67. The molecule has 0 atom stereocenters. The Morgan fingerprint density at radius 1 is 1.15 bits per heavy atom. The van der Waals surface area contributed by atoms with Crippen LogP contribution >= 0.6 is 0 Å². The van der Waals surface area contributed by atoms with Gasteiger partial charge in [-0.2, -0.15) is 0 Å². The Labute approximate surface area is 161 Å². The summed E-state index contributed by atoms with van der Waals surface area (Å²) in [5.41, 5.74) is 2.40. The van der Waals surface area contributed by atoms with Crippen LogP contribution in [0.2, 0.25) is 0 Å². The van der Waals surface area contributed by atoms with Crippen molar-refractivity contribution in [2.75, 3.05) is 13.2 Å². The predicted molar refractivity (Wildman–Crippen MR) is 104 cm³/mol. The van der Waals surface area contributed by atoms with Gasteiger partial charge < -0.3 is 14.2 Å². The number of carbonyl (C=O) groups is 3. The van der Waals surface area contributed by atoms with Gasteiger partial charge in [0.05, 0.1) is 13.2 Å². The second-order valence-corrected chi connectivity index (χ2v) is 7.18. The van der Waals surface area contributed by atoms with Gasteiger partial charge in [0.15, 0.2) is 5.78 Å². The highest BCUT2D eigenvalue weighted by Gasteiger charge is 2.35. The second-order valence-electron chi connectivity index (χ2n) is 7.18. The molecule has 1 saturated carbocycles. The van der Waals surface area contributed by atoms with Crippen LogP contribution in [-0.2, 0) is 16.1 Å². The van der Waals surface area contributed by atoms with Crippen molar-refractivity contribution in [2.24, 2.45) is 0 Å². The average molecular weight is 376 g/mol. The summed E-state index contributed by atoms with van der Waals surface area (Å²) in [4.78, 5) is 39.8. The van der Waals surface area contributed by atoms with Crippen LogP contribution in [0.4, 0.5) is 0 Å². The number of rotatable bonds is 10. The lowest BCUT2D eigenvalue weighted by molar-refractivity contribution is -0.131. The molecule has 6 heteroatoms. The molecule has 0 bridgehead atoms. The summed E-state index contributed by atoms with van der Waals surface area (Å²) in [5.74, 6) is -0.444. The average Bonchev–Trinajstić information content (AvgIpc) is 3.43. The van der Waals surface area contributed by atoms with Crippen LogP contribution in [0.5, 0.6) is 0 Å². The number of hydrogen-bond donors (Lipinski definition) is 0. The highest BCUT2D eigenvalue weighted by atomic mass is 16.5. The van der Waals surface area contributed by atoms with Gasteiger partial charge in [0.2, 0.25) is 5.91 Å². The van der Waals surface area contributed by atoms with Gasteiger partial charge in [0.25, 0.3) is 0 Å². The third-order valence-electron chi connectivity index (χ3n) is 5.20. The number of unbranched alkanes of at least 4 members (excludes halogenated alkanes) is 1. The fourth-order valence-electron chi connectivity index (χ4n) is 3.68. The fraction of sp³-hybridized carbons (Fsp3) is 0.667. The molecular formula is C21H32N2O4. The Kier molecular flexibility index (Phi) is 7.22. The number of ether oxygens (including phenoxy) is 1. The van der Waals surface area contributed by atoms with Gasteiger partial charge in [0.1, 0.15) is 5.69 Å². The van der Waals surface area contributed by atoms with E-state index in [2.05, 4.69) is 6.92 Å². The zero-order chi connectivity index (χ0) is 20.1. The van der Waals surface area contributed by atoms with Gasteiger partial charge in [-0.15, -0.1) is 0 Å². The molecule has 0 aromatic carbocycles. The molecule has 1 fully saturated rings. The highest BCUT2D eigenvalue weighted by molar-refractivity contribution is 6.04. The third-order valence-corrected chi connectivity index (χ3v) is 5.20. The Bertz CT molecular complexity index is 716. The van der Waals surface area contributed by atoms with E-state index in [1.54, 1.807) is 18.7 Å². The van der Waals surface area contributed by atoms with Gasteiger partial charge >= 0.3 is 5.97 Å². The Morgan fingerprint density at radius 3 is 2.33 bits per heavy atom. The summed E-state index contributed by atoms with van der Waals surface area (Å²) in [5, 5.41) is 0. The molecule has 1 aliphatic rings. The molecule has 1 aromatic heterocycles. The molecule has 6 nitrogen and oxygen atoms in total. The van der Waals surface area contributed by atoms with E-state index in [0.717, 1.165) is 31.4 Å². The van der Waals surface area contributed by atoms with Crippen LogP contribution < -0.4 is 0 Å². The van der Waals surface area contributed by atoms with Crippen LogP contribution in [-0.4, -0.2) is 46.3 Å². The molecule has 0 saturated heterocycles. The molecule has 0 aliphatic heterocycles. The Morgan fingerprint density at radius 2 is 1.81 bits per heavy atom. The zero-order valence-corrected chi connectivity index (χ0v) is 17.3. The van der Waals surface area contributed by atoms with Gasteiger partial charge in [-0.05, 0) is 52.5 Å². The minimum atomic E-state index is -0.405. The van der Waals surface area contributed by atoms with E-state index < -0.39 is 5.97 Å². The van der Waals surface area contributed by atoms with Crippen molar-refractivity contribution in [3.63, 3.8) is 0 Å². The van der Waals surface area contributed by atoms with E-state index in [-0.39, 0.29) is 30.9 Å². The Hall–Kier alpha value is -2.11. The molecular weight excluding hydrogens is 344 g/mol. The number of carbonyl (C=O) groups excluding carboxylic acids is 3. The molecule has 1 amide bonds. The van der Waals surface area contributed by atoms with Gasteiger partial charge in [-0.1, -0.05) is 13.3 Å². The number of esters is 1. The van der Waals surface area contributed by atoms with Crippen molar-refractivity contribution >= 4 is 17.7 Å². The van der Waals surface area contributed by atoms with E-state index in [0.29, 0.717) is 29.8 Å². The molecule has 0 spiro atoms. The number of ketones is 1. The van der Waals surface area contributed by atoms with E-state index >= 15 is 0 Å². The lowest BCUT2D eigenvalue weighted by Crippen LogP contribution is -2.37. The summed E-state index contributed by atoms with van der Waals surface area (Å²) in [6.07, 6.45) is 4.22. The molecule has 0 N–H and O–H groups in total. The summed E-state index contributed by atoms with van der Waals surface area (Å²) in [6.45, 7) is 10.4. The molecule has 0 unspecified atom stereocenters. The summed E-state index contributed by atoms with van der Waals surface area (Å²) in [6, 6.07) is 0.191. The maximum Gasteiger partial charge on any atom is 0.355 e. The van der Waals surface area contributed by atoms with Gasteiger partial charge in [-0.3, -0.25) is 9.59 Å². The molecule has 150 valence electrons. The number of nitrogens with zero attached hydrogens (tertiary/aromatic N) is 2. The molecule has 1 aromatic rings. The van der Waals surface area contributed by atoms with Crippen LogP contribution in [0.1, 0.15) is 85.0 Å². The molecule has 0 radical (unpaired) electrons. The smallest absolute Gasteiger partial charge is 0.355 e. The number of hydrogen-bond acceptors (Lipinski definition) is 4. The topological polar surface area (TPSA) is 68.6 Å². The van der Waals surface area contributed by atoms with Crippen molar-refractivity contribution in [1.29, 1.82) is 0 Å². The summed E-state index contributed by atoms with van der Waals surface area (Å²) >= 11 is 0. The monoisotopic (exact) mass is 376 g/mol. The number of Topliss-reactive ketones (excluding diaryl/α,β-unsaturated/α-hetero) is 1. The highest BCUT2D eigenvalue weighted by Crippen LogP contribution is 2.29. The van der Waals surface area contributed by atoms with Crippen molar-refractivity contribution < 1.29 is 19.1 Å². The minimum absolute atomic E-state index is 0.0588. The normalized spacial score (nSPS) is 13.5. The van der Waals surface area contributed by atoms with E-state index in [4.69, 9.17) is 4.74 Å². The third kappa shape index (κ3) is 4.60. The van der Waals surface area contributed by atoms with Crippen LogP contribution in [0, 0.1) is 13.8 Å². The van der Waals surface area contributed by atoms with E-state index in [1.165, 1.54) is 0 Å². The number of aromatic nitrogens is 1. The maximum atomic E-state index is 13.1. The SMILES string of the molecule is CCCCC(=O)N(CC(=O)c1c(C)c(C(=O)OCC)n(CC)c1C)C1CC1. The van der Waals surface area contributed by atoms with Crippen molar-refractivity contribution in [3.8, 4) is 0 Å². The molecule has 1 heterocycles. The van der Waals surface area contributed by atoms with Crippen molar-refractivity contribution in [2.45, 2.75) is 79.3 Å². The van der Waals surface area contributed by atoms with Crippen LogP contribution in [0.15, 0.2) is 0 Å². The number of amides is 1. The zero-order valence-electron chi connectivity index (χ0n) is 17.3. The van der Waals surface area contributed by atoms with Crippen molar-refractivity contribution in [1.82, 2.24) is 9.47 Å². The molecule has 1 aliphatic carbocycles. The largest absolute Gasteiger partial charge is 0.461 e. The van der Waals surface area contributed by atoms with Gasteiger partial charge in [-0.25, -0.2) is 4.79 Å². The quantitative estimate of drug-likeness (QED) is 0.461. The fourth-order valence-corrected chi connectivity index (χ4v) is 3.68. The van der Waals surface area contributed by atoms with Crippen LogP contribution in [0.25, 0.3) is 0 Å². The Balaban J connectivity index is 2.29. The first-order chi connectivity index (χ1) is 12.9. The standard InChI is InChI=1S/C21H32N2O4/c1-6-9-10-18(25)23(16-11-12-16)13-17(24)19-14(4)20(21(26)27-8-3)22(7-2)15(19)5/h16H,6-13H2,1-5H3. The second kappa shape index (κ2) is 9.20. The minimum Gasteiger partial charge on any atom is -0.461 e. The first-order valence-electron chi connectivity index (χ1n) is 10.1. The van der Waals surface area contributed by atoms with E-state index in [9.17, 15) is 14.4 Å². The lowest BCUT2D eigenvalue weighted by atomic mass is 10.0. The maximum absolute atomic E-state index is 13.1. The summed E-state index contributed by atoms with van der Waals surface area (Å²) < 4.78 is 7.01. The van der Waals surface area contributed by atoms with Gasteiger partial charge in [0, 0.05) is 30.3 Å².